The molecule has 1 heterocycles. The minimum atomic E-state index is -0.591. The second-order valence-electron chi connectivity index (χ2n) is 6.84. The number of hydrogen-bond donors (Lipinski definition) is 1. The van der Waals surface area contributed by atoms with Crippen LogP contribution in [0, 0.1) is 11.3 Å². The predicted octanol–water partition coefficient (Wildman–Crippen LogP) is 3.99. The molecule has 30 heavy (non-hydrogen) atoms. The van der Waals surface area contributed by atoms with E-state index in [1.54, 1.807) is 6.08 Å². The Bertz CT molecular complexity index is 1090. The number of nitrogens with zero attached hydrogens (tertiary/aromatic N) is 2. The number of amides is 1. The molecule has 0 unspecified atom stereocenters. The van der Waals surface area contributed by atoms with Crippen molar-refractivity contribution in [2.45, 2.75) is 25.9 Å². The number of hydrogen-bond acceptors (Lipinski definition) is 4. The summed E-state index contributed by atoms with van der Waals surface area (Å²) in [6, 6.07) is 19.3. The molecule has 1 amide bonds. The van der Waals surface area contributed by atoms with Crippen molar-refractivity contribution >= 4 is 28.9 Å². The van der Waals surface area contributed by atoms with Crippen molar-refractivity contribution in [1.82, 2.24) is 9.88 Å². The van der Waals surface area contributed by atoms with E-state index in [4.69, 9.17) is 10.00 Å². The summed E-state index contributed by atoms with van der Waals surface area (Å²) >= 11 is 0. The third-order valence-electron chi connectivity index (χ3n) is 4.71. The summed E-state index contributed by atoms with van der Waals surface area (Å²) in [5, 5.41) is 12.6. The lowest BCUT2D eigenvalue weighted by Gasteiger charge is -2.13. The fourth-order valence-electron chi connectivity index (χ4n) is 3.21. The summed E-state index contributed by atoms with van der Waals surface area (Å²) in [6.45, 7) is 2.11. The number of ether oxygens (including phenoxy) is 1. The van der Waals surface area contributed by atoms with Crippen LogP contribution in [-0.4, -0.2) is 23.1 Å². The molecule has 0 aliphatic heterocycles. The lowest BCUT2D eigenvalue weighted by molar-refractivity contribution is -0.144. The maximum atomic E-state index is 12.1. The topological polar surface area (TPSA) is 84.1 Å². The van der Waals surface area contributed by atoms with Crippen LogP contribution in [-0.2, 0) is 20.9 Å². The van der Waals surface area contributed by atoms with E-state index in [9.17, 15) is 9.59 Å². The average molecular weight is 401 g/mol. The normalized spacial score (nSPS) is 11.9. The smallest absolute Gasteiger partial charge is 0.331 e. The van der Waals surface area contributed by atoms with Crippen molar-refractivity contribution in [2.75, 3.05) is 6.61 Å². The van der Waals surface area contributed by atoms with E-state index >= 15 is 0 Å². The SMILES string of the molecule is C[C@@H](NC(=O)COC(=O)/C=C/c1cn(CCC#N)c2ccccc12)c1ccccc1. The Labute approximate surface area is 175 Å². The molecular formula is C24H23N3O3. The Hall–Kier alpha value is -3.85. The molecule has 6 nitrogen and oxygen atoms in total. The van der Waals surface area contributed by atoms with Crippen molar-refractivity contribution in [1.29, 1.82) is 5.26 Å². The van der Waals surface area contributed by atoms with E-state index in [0.29, 0.717) is 13.0 Å². The van der Waals surface area contributed by atoms with Crippen molar-refractivity contribution in [3.8, 4) is 6.07 Å². The molecule has 0 radical (unpaired) electrons. The van der Waals surface area contributed by atoms with Gasteiger partial charge in [-0.1, -0.05) is 48.5 Å². The van der Waals surface area contributed by atoms with Gasteiger partial charge in [0.15, 0.2) is 6.61 Å². The standard InChI is InChI=1S/C24H23N3O3/c1-18(19-8-3-2-4-9-19)26-23(28)17-30-24(29)13-12-20-16-27(15-7-14-25)22-11-6-5-10-21(20)22/h2-6,8-13,16,18H,7,15,17H2,1H3,(H,26,28)/b13-12+/t18-/m1/s1. The van der Waals surface area contributed by atoms with Gasteiger partial charge in [0.05, 0.1) is 18.5 Å². The van der Waals surface area contributed by atoms with Crippen LogP contribution in [0.4, 0.5) is 0 Å². The number of carbonyl (C=O) groups is 2. The van der Waals surface area contributed by atoms with Gasteiger partial charge in [-0.3, -0.25) is 4.79 Å². The van der Waals surface area contributed by atoms with Gasteiger partial charge < -0.3 is 14.6 Å². The molecule has 0 bridgehead atoms. The van der Waals surface area contributed by atoms with Crippen LogP contribution < -0.4 is 5.32 Å². The highest BCUT2D eigenvalue weighted by molar-refractivity contribution is 5.95. The molecule has 0 saturated heterocycles. The Balaban J connectivity index is 1.57. The number of nitriles is 1. The van der Waals surface area contributed by atoms with E-state index in [-0.39, 0.29) is 18.6 Å². The molecule has 0 fully saturated rings. The summed E-state index contributed by atoms with van der Waals surface area (Å²) in [6.07, 6.45) is 5.28. The third kappa shape index (κ3) is 5.36. The van der Waals surface area contributed by atoms with Crippen molar-refractivity contribution < 1.29 is 14.3 Å². The molecule has 3 aromatic rings. The van der Waals surface area contributed by atoms with Crippen molar-refractivity contribution in [2.24, 2.45) is 0 Å². The Kier molecular flexibility index (Phi) is 7.01. The molecule has 1 atom stereocenters. The van der Waals surface area contributed by atoms with Crippen LogP contribution in [0.5, 0.6) is 0 Å². The number of aryl methyl sites for hydroxylation is 1. The maximum absolute atomic E-state index is 12.1. The summed E-state index contributed by atoms with van der Waals surface area (Å²) in [7, 11) is 0. The fourth-order valence-corrected chi connectivity index (χ4v) is 3.21. The van der Waals surface area contributed by atoms with Gasteiger partial charge in [-0.15, -0.1) is 0 Å². The van der Waals surface area contributed by atoms with E-state index in [1.807, 2.05) is 72.3 Å². The van der Waals surface area contributed by atoms with Crippen LogP contribution in [0.15, 0.2) is 66.9 Å². The number of benzene rings is 2. The fraction of sp³-hybridized carbons (Fsp3) is 0.208. The predicted molar refractivity (Wildman–Crippen MR) is 115 cm³/mol. The second-order valence-corrected chi connectivity index (χ2v) is 6.84. The van der Waals surface area contributed by atoms with E-state index in [2.05, 4.69) is 11.4 Å². The highest BCUT2D eigenvalue weighted by Crippen LogP contribution is 2.22. The number of carbonyl (C=O) groups excluding carboxylic acids is 2. The number of fused-ring (bicyclic) bond motifs is 1. The molecule has 152 valence electrons. The number of aromatic nitrogens is 1. The zero-order chi connectivity index (χ0) is 21.3. The van der Waals surface area contributed by atoms with E-state index in [1.165, 1.54) is 6.08 Å². The first-order chi connectivity index (χ1) is 14.6. The zero-order valence-corrected chi connectivity index (χ0v) is 16.7. The van der Waals surface area contributed by atoms with Crippen LogP contribution in [0.1, 0.15) is 30.5 Å². The highest BCUT2D eigenvalue weighted by Gasteiger charge is 2.11. The average Bonchev–Trinajstić information content (AvgIpc) is 3.13. The first kappa shape index (κ1) is 20.9. The molecule has 1 N–H and O–H groups in total. The van der Waals surface area contributed by atoms with Gasteiger partial charge in [-0.05, 0) is 24.6 Å². The molecule has 2 aromatic carbocycles. The van der Waals surface area contributed by atoms with Gasteiger partial charge in [-0.25, -0.2) is 4.79 Å². The second kappa shape index (κ2) is 10.1. The van der Waals surface area contributed by atoms with Crippen LogP contribution in [0.3, 0.4) is 0 Å². The molecule has 0 saturated carbocycles. The zero-order valence-electron chi connectivity index (χ0n) is 16.7. The summed E-state index contributed by atoms with van der Waals surface area (Å²) in [5.74, 6) is -0.951. The van der Waals surface area contributed by atoms with Gasteiger partial charge in [0.2, 0.25) is 0 Å². The Morgan fingerprint density at radius 2 is 1.90 bits per heavy atom. The Morgan fingerprint density at radius 3 is 2.67 bits per heavy atom. The van der Waals surface area contributed by atoms with E-state index in [0.717, 1.165) is 22.0 Å². The molecule has 0 spiro atoms. The quantitative estimate of drug-likeness (QED) is 0.457. The Morgan fingerprint density at radius 1 is 1.17 bits per heavy atom. The minimum Gasteiger partial charge on any atom is -0.452 e. The third-order valence-corrected chi connectivity index (χ3v) is 4.71. The van der Waals surface area contributed by atoms with Gasteiger partial charge in [0, 0.05) is 35.3 Å². The first-order valence-corrected chi connectivity index (χ1v) is 9.72. The van der Waals surface area contributed by atoms with Gasteiger partial charge in [0.1, 0.15) is 0 Å². The monoisotopic (exact) mass is 401 g/mol. The minimum absolute atomic E-state index is 0.174. The molecule has 0 aliphatic rings. The molecule has 1 aromatic heterocycles. The molecular weight excluding hydrogens is 378 g/mol. The first-order valence-electron chi connectivity index (χ1n) is 9.72. The largest absolute Gasteiger partial charge is 0.452 e. The molecule has 6 heteroatoms. The number of rotatable bonds is 8. The highest BCUT2D eigenvalue weighted by atomic mass is 16.5. The number of para-hydroxylation sites is 1. The lowest BCUT2D eigenvalue weighted by Crippen LogP contribution is -2.30. The van der Waals surface area contributed by atoms with Crippen LogP contribution in [0.2, 0.25) is 0 Å². The number of nitrogens with one attached hydrogen (secondary N) is 1. The lowest BCUT2D eigenvalue weighted by atomic mass is 10.1. The van der Waals surface area contributed by atoms with E-state index < -0.39 is 5.97 Å². The molecule has 3 rings (SSSR count). The molecule has 0 aliphatic carbocycles. The van der Waals surface area contributed by atoms with Crippen LogP contribution in [0.25, 0.3) is 17.0 Å². The summed E-state index contributed by atoms with van der Waals surface area (Å²) in [5.41, 5.74) is 2.82. The maximum Gasteiger partial charge on any atom is 0.331 e. The number of esters is 1. The van der Waals surface area contributed by atoms with Gasteiger partial charge >= 0.3 is 5.97 Å². The van der Waals surface area contributed by atoms with Gasteiger partial charge in [0.25, 0.3) is 5.91 Å². The van der Waals surface area contributed by atoms with Crippen molar-refractivity contribution in [3.05, 3.63) is 78.0 Å². The van der Waals surface area contributed by atoms with Gasteiger partial charge in [-0.2, -0.15) is 5.26 Å². The van der Waals surface area contributed by atoms with Crippen molar-refractivity contribution in [3.63, 3.8) is 0 Å². The summed E-state index contributed by atoms with van der Waals surface area (Å²) < 4.78 is 7.05. The summed E-state index contributed by atoms with van der Waals surface area (Å²) in [4.78, 5) is 24.1. The van der Waals surface area contributed by atoms with Crippen LogP contribution >= 0.6 is 0 Å².